The molecule has 0 unspecified atom stereocenters. The summed E-state index contributed by atoms with van der Waals surface area (Å²) in [6.07, 6.45) is 4.21. The van der Waals surface area contributed by atoms with Gasteiger partial charge < -0.3 is 9.88 Å². The molecule has 8 nitrogen and oxygen atoms in total. The second-order valence-electron chi connectivity index (χ2n) is 8.38. The van der Waals surface area contributed by atoms with Crippen molar-refractivity contribution in [2.75, 3.05) is 18.4 Å². The first kappa shape index (κ1) is 23.1. The molecular weight excluding hydrogens is 474 g/mol. The molecule has 180 valence electrons. The summed E-state index contributed by atoms with van der Waals surface area (Å²) in [5.74, 6) is -0.650. The molecule has 2 aromatic heterocycles. The van der Waals surface area contributed by atoms with Gasteiger partial charge in [0.15, 0.2) is 5.03 Å². The van der Waals surface area contributed by atoms with E-state index in [4.69, 9.17) is 0 Å². The van der Waals surface area contributed by atoms with Gasteiger partial charge >= 0.3 is 0 Å². The number of benzene rings is 2. The fourth-order valence-electron chi connectivity index (χ4n) is 4.25. The summed E-state index contributed by atoms with van der Waals surface area (Å²) in [4.78, 5) is 12.5. The standard InChI is InChI=1S/C24H22F2N6O2S/c1-31-13-24(29-15-31)35(33,34)32-11-19(16-6-8-17(25)9-7-16)22(12-32)30-23-10-21(27-14-28-23)18-4-2-3-5-20(18)26/h2-10,13-15,19,22H,11-12H2,1H3,(H,27,28,30)/t19-,22+/m1/s1. The highest BCUT2D eigenvalue weighted by Gasteiger charge is 2.41. The molecule has 1 N–H and O–H groups in total. The van der Waals surface area contributed by atoms with E-state index in [1.807, 2.05) is 0 Å². The van der Waals surface area contributed by atoms with Crippen molar-refractivity contribution in [1.29, 1.82) is 0 Å². The van der Waals surface area contributed by atoms with E-state index in [0.717, 1.165) is 5.56 Å². The maximum atomic E-state index is 14.3. The van der Waals surface area contributed by atoms with E-state index in [9.17, 15) is 17.2 Å². The van der Waals surface area contributed by atoms with Gasteiger partial charge in [-0.2, -0.15) is 4.31 Å². The zero-order valence-corrected chi connectivity index (χ0v) is 19.5. The van der Waals surface area contributed by atoms with Gasteiger partial charge in [-0.3, -0.25) is 0 Å². The van der Waals surface area contributed by atoms with Crippen molar-refractivity contribution in [3.8, 4) is 11.3 Å². The number of aryl methyl sites for hydroxylation is 1. The highest BCUT2D eigenvalue weighted by Crippen LogP contribution is 2.33. The topological polar surface area (TPSA) is 93.0 Å². The molecule has 2 aromatic carbocycles. The molecule has 0 bridgehead atoms. The minimum atomic E-state index is -3.84. The van der Waals surface area contributed by atoms with Gasteiger partial charge in [-0.05, 0) is 29.8 Å². The largest absolute Gasteiger partial charge is 0.365 e. The molecule has 2 atom stereocenters. The molecule has 3 heterocycles. The Balaban J connectivity index is 1.46. The van der Waals surface area contributed by atoms with Crippen LogP contribution in [0.2, 0.25) is 0 Å². The summed E-state index contributed by atoms with van der Waals surface area (Å²) in [6.45, 7) is 0.313. The second kappa shape index (κ2) is 9.16. The van der Waals surface area contributed by atoms with Crippen molar-refractivity contribution in [3.05, 3.63) is 90.6 Å². The first-order chi connectivity index (χ1) is 16.8. The van der Waals surface area contributed by atoms with Crippen LogP contribution in [0.3, 0.4) is 0 Å². The van der Waals surface area contributed by atoms with Crippen LogP contribution in [0.15, 0.2) is 78.5 Å². The Kier molecular flexibility index (Phi) is 6.03. The summed E-state index contributed by atoms with van der Waals surface area (Å²) in [5.41, 5.74) is 1.51. The fraction of sp³-hybridized carbons (Fsp3) is 0.208. The van der Waals surface area contributed by atoms with Crippen molar-refractivity contribution in [2.24, 2.45) is 7.05 Å². The van der Waals surface area contributed by atoms with Crippen LogP contribution in [-0.2, 0) is 17.1 Å². The summed E-state index contributed by atoms with van der Waals surface area (Å²) in [5, 5.41) is 3.25. The molecule has 1 fully saturated rings. The molecule has 0 saturated carbocycles. The monoisotopic (exact) mass is 496 g/mol. The number of nitrogens with one attached hydrogen (secondary N) is 1. The van der Waals surface area contributed by atoms with Gasteiger partial charge in [0.2, 0.25) is 0 Å². The Bertz CT molecular complexity index is 1460. The van der Waals surface area contributed by atoms with Gasteiger partial charge in [0.25, 0.3) is 10.0 Å². The number of rotatable bonds is 6. The fourth-order valence-corrected chi connectivity index (χ4v) is 5.71. The van der Waals surface area contributed by atoms with Gasteiger partial charge in [0.1, 0.15) is 23.8 Å². The van der Waals surface area contributed by atoms with Crippen LogP contribution >= 0.6 is 0 Å². The molecule has 1 aliphatic rings. The van der Waals surface area contributed by atoms with Crippen LogP contribution in [0.25, 0.3) is 11.3 Å². The summed E-state index contributed by atoms with van der Waals surface area (Å²) in [7, 11) is -2.15. The average molecular weight is 497 g/mol. The maximum Gasteiger partial charge on any atom is 0.262 e. The minimum absolute atomic E-state index is 0.0395. The number of hydrogen-bond donors (Lipinski definition) is 1. The SMILES string of the molecule is Cn1cnc(S(=O)(=O)N2C[C@H](Nc3cc(-c4ccccc4F)ncn3)[C@@H](c3ccc(F)cc3)C2)c1. The van der Waals surface area contributed by atoms with E-state index in [1.165, 1.54) is 41.4 Å². The summed E-state index contributed by atoms with van der Waals surface area (Å²) >= 11 is 0. The van der Waals surface area contributed by atoms with Crippen LogP contribution in [0.5, 0.6) is 0 Å². The van der Waals surface area contributed by atoms with E-state index in [-0.39, 0.29) is 35.9 Å². The van der Waals surface area contributed by atoms with E-state index < -0.39 is 15.8 Å². The normalized spacial score (nSPS) is 18.6. The van der Waals surface area contributed by atoms with E-state index in [1.54, 1.807) is 48.0 Å². The van der Waals surface area contributed by atoms with Gasteiger partial charge in [0.05, 0.1) is 12.0 Å². The number of sulfonamides is 1. The van der Waals surface area contributed by atoms with Crippen LogP contribution in [0, 0.1) is 11.6 Å². The van der Waals surface area contributed by atoms with Gasteiger partial charge in [-0.25, -0.2) is 32.2 Å². The lowest BCUT2D eigenvalue weighted by Gasteiger charge is -2.21. The van der Waals surface area contributed by atoms with Crippen LogP contribution in [-0.4, -0.2) is 51.4 Å². The number of aromatic nitrogens is 4. The third-order valence-electron chi connectivity index (χ3n) is 6.02. The lowest BCUT2D eigenvalue weighted by atomic mass is 9.94. The van der Waals surface area contributed by atoms with E-state index in [0.29, 0.717) is 17.1 Å². The molecule has 0 aliphatic carbocycles. The van der Waals surface area contributed by atoms with Crippen LogP contribution < -0.4 is 5.32 Å². The highest BCUT2D eigenvalue weighted by molar-refractivity contribution is 7.89. The van der Waals surface area contributed by atoms with E-state index >= 15 is 0 Å². The first-order valence-electron chi connectivity index (χ1n) is 10.9. The number of imidazole rings is 1. The number of halogens is 2. The molecule has 1 saturated heterocycles. The third-order valence-corrected chi connectivity index (χ3v) is 7.74. The highest BCUT2D eigenvalue weighted by atomic mass is 32.2. The van der Waals surface area contributed by atoms with Crippen molar-refractivity contribution in [2.45, 2.75) is 17.0 Å². The molecule has 0 amide bonds. The molecule has 5 rings (SSSR count). The molecule has 4 aromatic rings. The molecular formula is C24H22F2N6O2S. The first-order valence-corrected chi connectivity index (χ1v) is 12.3. The molecule has 0 radical (unpaired) electrons. The van der Waals surface area contributed by atoms with Crippen molar-refractivity contribution >= 4 is 15.8 Å². The molecule has 0 spiro atoms. The van der Waals surface area contributed by atoms with Crippen LogP contribution in [0.1, 0.15) is 11.5 Å². The average Bonchev–Trinajstić information content (AvgIpc) is 3.47. The summed E-state index contributed by atoms with van der Waals surface area (Å²) in [6, 6.07) is 13.5. The van der Waals surface area contributed by atoms with Crippen molar-refractivity contribution in [1.82, 2.24) is 23.8 Å². The third kappa shape index (κ3) is 4.64. The number of hydrogen-bond acceptors (Lipinski definition) is 6. The van der Waals surface area contributed by atoms with E-state index in [2.05, 4.69) is 20.3 Å². The maximum absolute atomic E-state index is 14.3. The Hall–Kier alpha value is -3.70. The molecule has 1 aliphatic heterocycles. The van der Waals surface area contributed by atoms with Gasteiger partial charge in [0, 0.05) is 49.9 Å². The Labute approximate surface area is 201 Å². The predicted octanol–water partition coefficient (Wildman–Crippen LogP) is 3.42. The van der Waals surface area contributed by atoms with Gasteiger partial charge in [-0.1, -0.05) is 24.3 Å². The Morgan fingerprint density at radius 3 is 2.49 bits per heavy atom. The Morgan fingerprint density at radius 2 is 1.77 bits per heavy atom. The Morgan fingerprint density at radius 1 is 1.00 bits per heavy atom. The summed E-state index contributed by atoms with van der Waals surface area (Å²) < 4.78 is 57.3. The van der Waals surface area contributed by atoms with Crippen molar-refractivity contribution in [3.63, 3.8) is 0 Å². The lowest BCUT2D eigenvalue weighted by Crippen LogP contribution is -2.32. The zero-order valence-electron chi connectivity index (χ0n) is 18.7. The smallest absolute Gasteiger partial charge is 0.262 e. The molecule has 11 heteroatoms. The van der Waals surface area contributed by atoms with Crippen molar-refractivity contribution < 1.29 is 17.2 Å². The predicted molar refractivity (Wildman–Crippen MR) is 126 cm³/mol. The number of anilines is 1. The zero-order chi connectivity index (χ0) is 24.6. The minimum Gasteiger partial charge on any atom is -0.365 e. The number of nitrogens with zero attached hydrogens (tertiary/aromatic N) is 5. The second-order valence-corrected chi connectivity index (χ2v) is 10.3. The molecule has 35 heavy (non-hydrogen) atoms. The quantitative estimate of drug-likeness (QED) is 0.440. The van der Waals surface area contributed by atoms with Gasteiger partial charge in [-0.15, -0.1) is 0 Å². The lowest BCUT2D eigenvalue weighted by molar-refractivity contribution is 0.468. The van der Waals surface area contributed by atoms with Crippen LogP contribution in [0.4, 0.5) is 14.6 Å².